The van der Waals surface area contributed by atoms with E-state index in [1.54, 1.807) is 12.4 Å². The number of nitrogens with zero attached hydrogens (tertiary/aromatic N) is 2. The summed E-state index contributed by atoms with van der Waals surface area (Å²) in [4.78, 5) is 4.30. The first-order valence-corrected chi connectivity index (χ1v) is 6.16. The summed E-state index contributed by atoms with van der Waals surface area (Å²) in [5.74, 6) is -0.316. The van der Waals surface area contributed by atoms with Crippen molar-refractivity contribution in [3.05, 3.63) is 52.8 Å². The zero-order valence-corrected chi connectivity index (χ0v) is 10.9. The molecule has 1 aromatic heterocycles. The summed E-state index contributed by atoms with van der Waals surface area (Å²) in [6.45, 7) is 1.50. The highest BCUT2D eigenvalue weighted by Crippen LogP contribution is 2.18. The average molecular weight is 268 g/mol. The van der Waals surface area contributed by atoms with Crippen LogP contribution in [0.3, 0.4) is 0 Å². The molecule has 0 saturated heterocycles. The topological polar surface area (TPSA) is 29.9 Å². The molecule has 0 saturated carbocycles. The summed E-state index contributed by atoms with van der Waals surface area (Å²) in [6.07, 6.45) is 4.64. The Morgan fingerprint density at radius 3 is 3.00 bits per heavy atom. The molecule has 0 bridgehead atoms. The molecule has 2 aromatic rings. The summed E-state index contributed by atoms with van der Waals surface area (Å²) in [6, 6.07) is 4.45. The fourth-order valence-corrected chi connectivity index (χ4v) is 1.95. The van der Waals surface area contributed by atoms with Gasteiger partial charge < -0.3 is 9.88 Å². The van der Waals surface area contributed by atoms with Gasteiger partial charge in [-0.05, 0) is 24.7 Å². The van der Waals surface area contributed by atoms with Gasteiger partial charge in [0.25, 0.3) is 0 Å². The number of likely N-dealkylation sites (N-methyl/N-ethyl adjacent to an activating group) is 1. The van der Waals surface area contributed by atoms with Crippen LogP contribution in [0, 0.1) is 5.82 Å². The fourth-order valence-electron chi connectivity index (χ4n) is 1.72. The second-order valence-corrected chi connectivity index (χ2v) is 4.53. The molecule has 18 heavy (non-hydrogen) atoms. The third-order valence-electron chi connectivity index (χ3n) is 2.69. The summed E-state index contributed by atoms with van der Waals surface area (Å²) >= 11 is 5.99. The van der Waals surface area contributed by atoms with Gasteiger partial charge in [-0.3, -0.25) is 0 Å². The van der Waals surface area contributed by atoms with E-state index in [1.165, 1.54) is 12.1 Å². The molecule has 5 heteroatoms. The summed E-state index contributed by atoms with van der Waals surface area (Å²) in [7, 11) is 1.91. The maximum atomic E-state index is 12.9. The Morgan fingerprint density at radius 1 is 1.44 bits per heavy atom. The van der Waals surface area contributed by atoms with Gasteiger partial charge in [0.15, 0.2) is 0 Å². The van der Waals surface area contributed by atoms with Gasteiger partial charge in [-0.1, -0.05) is 17.7 Å². The second kappa shape index (κ2) is 5.98. The van der Waals surface area contributed by atoms with E-state index in [2.05, 4.69) is 10.3 Å². The number of hydrogen-bond donors (Lipinski definition) is 1. The number of imidazole rings is 1. The maximum Gasteiger partial charge on any atom is 0.124 e. The van der Waals surface area contributed by atoms with Crippen LogP contribution in [0.4, 0.5) is 4.39 Å². The number of nitrogens with one attached hydrogen (secondary N) is 1. The average Bonchev–Trinajstić information content (AvgIpc) is 2.78. The summed E-state index contributed by atoms with van der Waals surface area (Å²) in [5, 5.41) is 3.52. The van der Waals surface area contributed by atoms with E-state index in [-0.39, 0.29) is 5.82 Å². The number of benzene rings is 1. The van der Waals surface area contributed by atoms with Crippen LogP contribution in [-0.4, -0.2) is 23.1 Å². The Hall–Kier alpha value is -1.39. The largest absolute Gasteiger partial charge is 0.333 e. The van der Waals surface area contributed by atoms with E-state index in [9.17, 15) is 4.39 Å². The van der Waals surface area contributed by atoms with Gasteiger partial charge >= 0.3 is 0 Å². The molecule has 1 N–H and O–H groups in total. The van der Waals surface area contributed by atoms with Crippen LogP contribution < -0.4 is 5.32 Å². The third kappa shape index (κ3) is 3.31. The zero-order chi connectivity index (χ0) is 13.0. The van der Waals surface area contributed by atoms with Crippen molar-refractivity contribution in [2.45, 2.75) is 13.0 Å². The molecule has 0 radical (unpaired) electrons. The lowest BCUT2D eigenvalue weighted by Gasteiger charge is -2.05. The van der Waals surface area contributed by atoms with Crippen molar-refractivity contribution < 1.29 is 4.39 Å². The summed E-state index contributed by atoms with van der Waals surface area (Å²) in [5.41, 5.74) is 1.92. The SMILES string of the molecule is CNCCc1cn(Cc2ccc(F)cc2Cl)cn1. The minimum absolute atomic E-state index is 0.316. The second-order valence-electron chi connectivity index (χ2n) is 4.13. The Morgan fingerprint density at radius 2 is 2.28 bits per heavy atom. The molecule has 1 heterocycles. The molecular formula is C13H15ClFN3. The molecule has 0 aliphatic rings. The minimum atomic E-state index is -0.316. The molecule has 0 unspecified atom stereocenters. The van der Waals surface area contributed by atoms with E-state index in [1.807, 2.05) is 17.8 Å². The van der Waals surface area contributed by atoms with Gasteiger partial charge in [-0.2, -0.15) is 0 Å². The monoisotopic (exact) mass is 267 g/mol. The molecule has 2 rings (SSSR count). The molecule has 0 spiro atoms. The summed E-state index contributed by atoms with van der Waals surface area (Å²) < 4.78 is 14.9. The van der Waals surface area contributed by atoms with E-state index in [4.69, 9.17) is 11.6 Å². The van der Waals surface area contributed by atoms with Crippen LogP contribution in [0.5, 0.6) is 0 Å². The van der Waals surface area contributed by atoms with Gasteiger partial charge in [-0.25, -0.2) is 9.37 Å². The van der Waals surface area contributed by atoms with Crippen LogP contribution in [0.2, 0.25) is 5.02 Å². The Kier molecular flexibility index (Phi) is 4.33. The number of halogens is 2. The quantitative estimate of drug-likeness (QED) is 0.902. The molecule has 0 fully saturated rings. The van der Waals surface area contributed by atoms with Crippen molar-refractivity contribution in [1.82, 2.24) is 14.9 Å². The van der Waals surface area contributed by atoms with E-state index in [0.717, 1.165) is 24.2 Å². The molecule has 3 nitrogen and oxygen atoms in total. The lowest BCUT2D eigenvalue weighted by atomic mass is 10.2. The van der Waals surface area contributed by atoms with Crippen molar-refractivity contribution in [3.63, 3.8) is 0 Å². The first-order chi connectivity index (χ1) is 8.69. The van der Waals surface area contributed by atoms with Crippen molar-refractivity contribution in [2.24, 2.45) is 0 Å². The van der Waals surface area contributed by atoms with Gasteiger partial charge in [0.1, 0.15) is 5.82 Å². The van der Waals surface area contributed by atoms with E-state index >= 15 is 0 Å². The van der Waals surface area contributed by atoms with Crippen LogP contribution in [-0.2, 0) is 13.0 Å². The molecule has 0 aliphatic heterocycles. The Labute approximate surface area is 111 Å². The molecule has 0 atom stereocenters. The van der Waals surface area contributed by atoms with Gasteiger partial charge in [0.2, 0.25) is 0 Å². The predicted octanol–water partition coefficient (Wildman–Crippen LogP) is 2.49. The number of rotatable bonds is 5. The van der Waals surface area contributed by atoms with Crippen molar-refractivity contribution in [1.29, 1.82) is 0 Å². The maximum absolute atomic E-state index is 12.9. The van der Waals surface area contributed by atoms with E-state index in [0.29, 0.717) is 11.6 Å². The molecule has 1 aromatic carbocycles. The van der Waals surface area contributed by atoms with Crippen molar-refractivity contribution >= 4 is 11.6 Å². The highest BCUT2D eigenvalue weighted by atomic mass is 35.5. The normalized spacial score (nSPS) is 10.8. The number of aromatic nitrogens is 2. The zero-order valence-electron chi connectivity index (χ0n) is 10.2. The highest BCUT2D eigenvalue weighted by Gasteiger charge is 2.04. The third-order valence-corrected chi connectivity index (χ3v) is 3.04. The first-order valence-electron chi connectivity index (χ1n) is 5.78. The molecular weight excluding hydrogens is 253 g/mol. The van der Waals surface area contributed by atoms with Crippen LogP contribution in [0.1, 0.15) is 11.3 Å². The van der Waals surface area contributed by atoms with Crippen LogP contribution in [0.25, 0.3) is 0 Å². The van der Waals surface area contributed by atoms with Crippen molar-refractivity contribution in [2.75, 3.05) is 13.6 Å². The van der Waals surface area contributed by atoms with Gasteiger partial charge in [0, 0.05) is 30.7 Å². The van der Waals surface area contributed by atoms with Crippen molar-refractivity contribution in [3.8, 4) is 0 Å². The van der Waals surface area contributed by atoms with Crippen LogP contribution >= 0.6 is 11.6 Å². The lowest BCUT2D eigenvalue weighted by molar-refractivity contribution is 0.626. The molecule has 96 valence electrons. The smallest absolute Gasteiger partial charge is 0.124 e. The van der Waals surface area contributed by atoms with Gasteiger partial charge in [-0.15, -0.1) is 0 Å². The standard InChI is InChI=1S/C13H15ClFN3/c1-16-5-4-12-8-18(9-17-12)7-10-2-3-11(15)6-13(10)14/h2-3,6,8-9,16H,4-5,7H2,1H3. The number of hydrogen-bond acceptors (Lipinski definition) is 2. The van der Waals surface area contributed by atoms with Gasteiger partial charge in [0.05, 0.1) is 12.0 Å². The first kappa shape index (κ1) is 13.1. The molecule has 0 aliphatic carbocycles. The Bertz CT molecular complexity index is 525. The minimum Gasteiger partial charge on any atom is -0.333 e. The fraction of sp³-hybridized carbons (Fsp3) is 0.308. The highest BCUT2D eigenvalue weighted by molar-refractivity contribution is 6.31. The predicted molar refractivity (Wildman–Crippen MR) is 70.4 cm³/mol. The van der Waals surface area contributed by atoms with Crippen LogP contribution in [0.15, 0.2) is 30.7 Å². The van der Waals surface area contributed by atoms with E-state index < -0.39 is 0 Å². The lowest BCUT2D eigenvalue weighted by Crippen LogP contribution is -2.10. The Balaban J connectivity index is 2.06. The molecule has 0 amide bonds.